The summed E-state index contributed by atoms with van der Waals surface area (Å²) in [6.07, 6.45) is 0.771. The van der Waals surface area contributed by atoms with Gasteiger partial charge in [-0.3, -0.25) is 0 Å². The quantitative estimate of drug-likeness (QED) is 0.516. The third-order valence-electron chi connectivity index (χ3n) is 4.50. The van der Waals surface area contributed by atoms with Crippen LogP contribution in [0.3, 0.4) is 0 Å². The lowest BCUT2D eigenvalue weighted by Gasteiger charge is -2.36. The first-order valence-electron chi connectivity index (χ1n) is 10.6. The van der Waals surface area contributed by atoms with Crippen LogP contribution >= 0.6 is 0 Å². The lowest BCUT2D eigenvalue weighted by Crippen LogP contribution is -2.49. The highest BCUT2D eigenvalue weighted by Gasteiger charge is 2.32. The molecule has 2 atom stereocenters. The van der Waals surface area contributed by atoms with Crippen molar-refractivity contribution in [3.8, 4) is 0 Å². The molecule has 0 aromatic heterocycles. The number of nitrogens with one attached hydrogen (secondary N) is 2. The Morgan fingerprint density at radius 2 is 1.38 bits per heavy atom. The monoisotopic (exact) mass is 415 g/mol. The van der Waals surface area contributed by atoms with Crippen molar-refractivity contribution >= 4 is 12.2 Å². The molecule has 7 heteroatoms. The maximum absolute atomic E-state index is 12.3. The number of hydrogen-bond donors (Lipinski definition) is 3. The van der Waals surface area contributed by atoms with E-state index in [-0.39, 0.29) is 23.3 Å². The molecule has 0 fully saturated rings. The van der Waals surface area contributed by atoms with Crippen LogP contribution in [0.15, 0.2) is 0 Å². The van der Waals surface area contributed by atoms with E-state index in [1.165, 1.54) is 0 Å². The van der Waals surface area contributed by atoms with Gasteiger partial charge in [-0.25, -0.2) is 9.59 Å². The van der Waals surface area contributed by atoms with Crippen LogP contribution in [0.1, 0.15) is 82.1 Å². The first-order valence-corrected chi connectivity index (χ1v) is 10.6. The first-order chi connectivity index (χ1) is 13.0. The van der Waals surface area contributed by atoms with Crippen molar-refractivity contribution in [2.24, 2.45) is 23.0 Å². The van der Waals surface area contributed by atoms with Crippen LogP contribution in [0.4, 0.5) is 9.59 Å². The van der Waals surface area contributed by atoms with Gasteiger partial charge in [0.25, 0.3) is 0 Å². The van der Waals surface area contributed by atoms with E-state index >= 15 is 0 Å². The van der Waals surface area contributed by atoms with E-state index in [1.54, 1.807) is 0 Å². The van der Waals surface area contributed by atoms with Crippen molar-refractivity contribution < 1.29 is 19.1 Å². The molecule has 0 aromatic rings. The van der Waals surface area contributed by atoms with E-state index in [0.29, 0.717) is 13.1 Å². The van der Waals surface area contributed by atoms with E-state index in [9.17, 15) is 9.59 Å². The largest absolute Gasteiger partial charge is 0.444 e. The fourth-order valence-electron chi connectivity index (χ4n) is 3.26. The van der Waals surface area contributed by atoms with Crippen LogP contribution in [-0.2, 0) is 9.47 Å². The molecule has 0 bridgehead atoms. The Kier molecular flexibility index (Phi) is 10.5. The molecule has 0 radical (unpaired) electrons. The zero-order chi connectivity index (χ0) is 23.0. The Labute approximate surface area is 177 Å². The van der Waals surface area contributed by atoms with Crippen molar-refractivity contribution in [2.75, 3.05) is 13.1 Å². The molecule has 1 unspecified atom stereocenters. The highest BCUT2D eigenvalue weighted by Crippen LogP contribution is 2.32. The summed E-state index contributed by atoms with van der Waals surface area (Å²) in [5, 5.41) is 5.83. The molecule has 0 rings (SSSR count). The molecule has 29 heavy (non-hydrogen) atoms. The summed E-state index contributed by atoms with van der Waals surface area (Å²) < 4.78 is 10.7. The Morgan fingerprint density at radius 1 is 0.897 bits per heavy atom. The van der Waals surface area contributed by atoms with Gasteiger partial charge in [0, 0.05) is 12.6 Å². The van der Waals surface area contributed by atoms with Gasteiger partial charge in [0.1, 0.15) is 11.2 Å². The molecule has 4 N–H and O–H groups in total. The van der Waals surface area contributed by atoms with Crippen molar-refractivity contribution in [3.05, 3.63) is 0 Å². The van der Waals surface area contributed by atoms with Gasteiger partial charge in [-0.15, -0.1) is 0 Å². The number of ether oxygens (including phenoxy) is 2. The van der Waals surface area contributed by atoms with Gasteiger partial charge in [0.05, 0.1) is 0 Å². The van der Waals surface area contributed by atoms with E-state index < -0.39 is 23.4 Å². The third kappa shape index (κ3) is 13.4. The Bertz CT molecular complexity index is 519. The second-order valence-corrected chi connectivity index (χ2v) is 11.0. The fourth-order valence-corrected chi connectivity index (χ4v) is 3.26. The zero-order valence-corrected chi connectivity index (χ0v) is 20.3. The number of rotatable bonds is 9. The molecular weight excluding hydrogens is 370 g/mol. The van der Waals surface area contributed by atoms with Gasteiger partial charge >= 0.3 is 12.2 Å². The Morgan fingerprint density at radius 3 is 1.79 bits per heavy atom. The Hall–Kier alpha value is -1.50. The molecule has 0 saturated carbocycles. The number of alkyl carbamates (subject to hydrolysis) is 2. The first kappa shape index (κ1) is 27.5. The molecule has 0 aromatic carbocycles. The summed E-state index contributed by atoms with van der Waals surface area (Å²) in [7, 11) is 0. The summed E-state index contributed by atoms with van der Waals surface area (Å²) >= 11 is 0. The van der Waals surface area contributed by atoms with Gasteiger partial charge in [0.15, 0.2) is 0 Å². The normalized spacial score (nSPS) is 14.9. The average molecular weight is 416 g/mol. The van der Waals surface area contributed by atoms with Crippen LogP contribution in [0, 0.1) is 17.3 Å². The zero-order valence-electron chi connectivity index (χ0n) is 20.3. The summed E-state index contributed by atoms with van der Waals surface area (Å²) in [4.78, 5) is 24.1. The third-order valence-corrected chi connectivity index (χ3v) is 4.50. The highest BCUT2D eigenvalue weighted by molar-refractivity contribution is 5.68. The van der Waals surface area contributed by atoms with Crippen LogP contribution < -0.4 is 16.4 Å². The molecule has 0 spiro atoms. The summed E-state index contributed by atoms with van der Waals surface area (Å²) in [6, 6.07) is -0.0899. The SMILES string of the molecule is CC(C)[C@@H](NC(=O)OC(C)(C)C)C(CN)CC(C)(C)CCNC(=O)OC(C)(C)C. The van der Waals surface area contributed by atoms with Crippen LogP contribution in [0.25, 0.3) is 0 Å². The lowest BCUT2D eigenvalue weighted by molar-refractivity contribution is 0.0443. The number of carbonyl (C=O) groups is 2. The minimum atomic E-state index is -0.545. The van der Waals surface area contributed by atoms with Crippen molar-refractivity contribution in [2.45, 2.75) is 99.3 Å². The van der Waals surface area contributed by atoms with Gasteiger partial charge in [-0.2, -0.15) is 0 Å². The van der Waals surface area contributed by atoms with Crippen LogP contribution in [-0.4, -0.2) is 42.5 Å². The maximum Gasteiger partial charge on any atom is 0.407 e. The van der Waals surface area contributed by atoms with Gasteiger partial charge in [-0.1, -0.05) is 27.7 Å². The molecule has 0 aliphatic heterocycles. The van der Waals surface area contributed by atoms with Crippen molar-refractivity contribution in [1.82, 2.24) is 10.6 Å². The highest BCUT2D eigenvalue weighted by atomic mass is 16.6. The second-order valence-electron chi connectivity index (χ2n) is 11.0. The number of carbonyl (C=O) groups excluding carboxylic acids is 2. The van der Waals surface area contributed by atoms with Crippen LogP contribution in [0.5, 0.6) is 0 Å². The topological polar surface area (TPSA) is 103 Å². The van der Waals surface area contributed by atoms with Crippen molar-refractivity contribution in [1.29, 1.82) is 0 Å². The average Bonchev–Trinajstić information content (AvgIpc) is 2.46. The maximum atomic E-state index is 12.3. The summed E-state index contributed by atoms with van der Waals surface area (Å²) in [6.45, 7) is 20.5. The fraction of sp³-hybridized carbons (Fsp3) is 0.909. The molecule has 0 saturated heterocycles. The van der Waals surface area contributed by atoms with Crippen molar-refractivity contribution in [3.63, 3.8) is 0 Å². The predicted molar refractivity (Wildman–Crippen MR) is 118 cm³/mol. The van der Waals surface area contributed by atoms with Gasteiger partial charge < -0.3 is 25.8 Å². The predicted octanol–water partition coefficient (Wildman–Crippen LogP) is 4.44. The molecule has 0 aliphatic rings. The number of hydrogen-bond acceptors (Lipinski definition) is 5. The summed E-state index contributed by atoms with van der Waals surface area (Å²) in [5.74, 6) is 0.311. The molecule has 172 valence electrons. The Balaban J connectivity index is 4.86. The number of nitrogens with two attached hydrogens (primary N) is 1. The standard InChI is InChI=1S/C22H45N3O4/c1-15(2)17(25-19(27)29-21(6,7)8)16(14-23)13-22(9,10)11-12-24-18(26)28-20(3,4)5/h15-17H,11-14,23H2,1-10H3,(H,24,26)(H,25,27)/t16?,17-/m1/s1. The van der Waals surface area contributed by atoms with Gasteiger partial charge in [0.2, 0.25) is 0 Å². The van der Waals surface area contributed by atoms with E-state index in [2.05, 4.69) is 38.3 Å². The van der Waals surface area contributed by atoms with E-state index in [1.807, 2.05) is 41.5 Å². The van der Waals surface area contributed by atoms with E-state index in [4.69, 9.17) is 15.2 Å². The molecule has 0 heterocycles. The molecular formula is C22H45N3O4. The minimum Gasteiger partial charge on any atom is -0.444 e. The van der Waals surface area contributed by atoms with Gasteiger partial charge in [-0.05, 0) is 78.2 Å². The smallest absolute Gasteiger partial charge is 0.407 e. The molecule has 7 nitrogen and oxygen atoms in total. The van der Waals surface area contributed by atoms with Crippen LogP contribution in [0.2, 0.25) is 0 Å². The van der Waals surface area contributed by atoms with E-state index in [0.717, 1.165) is 12.8 Å². The molecule has 2 amide bonds. The molecule has 0 aliphatic carbocycles. The summed E-state index contributed by atoms with van der Waals surface area (Å²) in [5.41, 5.74) is 4.96. The minimum absolute atomic E-state index is 0.0677. The lowest BCUT2D eigenvalue weighted by atomic mass is 9.75. The number of amides is 2. The second kappa shape index (κ2) is 11.0.